The summed E-state index contributed by atoms with van der Waals surface area (Å²) < 4.78 is 0. The van der Waals surface area contributed by atoms with E-state index in [1.165, 1.54) is 56.7 Å². The monoisotopic (exact) mass is 340 g/mol. The Hall–Kier alpha value is -2.43. The predicted molar refractivity (Wildman–Crippen MR) is 112 cm³/mol. The molecule has 122 valence electrons. The molecule has 0 spiro atoms. The molecule has 0 aliphatic heterocycles. The van der Waals surface area contributed by atoms with Crippen LogP contribution in [0, 0.1) is 25.7 Å². The maximum atomic E-state index is 2.29. The number of hydrogen-bond acceptors (Lipinski definition) is 0. The molecule has 4 aromatic carbocycles. The molecule has 4 rings (SSSR count). The number of benzene rings is 3. The van der Waals surface area contributed by atoms with Crippen molar-refractivity contribution in [1.29, 1.82) is 0 Å². The van der Waals surface area contributed by atoms with Crippen molar-refractivity contribution in [1.82, 2.24) is 0 Å². The van der Waals surface area contributed by atoms with Crippen LogP contribution in [0.2, 0.25) is 0 Å². The van der Waals surface area contributed by atoms with Gasteiger partial charge in [0.05, 0.1) is 0 Å². The van der Waals surface area contributed by atoms with Gasteiger partial charge in [0.15, 0.2) is 0 Å². The highest BCUT2D eigenvalue weighted by Crippen LogP contribution is 2.27. The highest BCUT2D eigenvalue weighted by molar-refractivity contribution is 7.40. The topological polar surface area (TPSA) is 0 Å². The molecule has 0 fully saturated rings. The van der Waals surface area contributed by atoms with Gasteiger partial charge in [-0.3, -0.25) is 0 Å². The smallest absolute Gasteiger partial charge is 0.0181 e. The zero-order valence-corrected chi connectivity index (χ0v) is 15.8. The van der Waals surface area contributed by atoms with E-state index < -0.39 is 0 Å². The molecule has 0 saturated carbocycles. The second-order valence-corrected chi connectivity index (χ2v) is 7.83. The minimum atomic E-state index is 1.28. The van der Waals surface area contributed by atoms with Crippen LogP contribution in [0.4, 0.5) is 0 Å². The lowest BCUT2D eigenvalue weighted by molar-refractivity contribution is 1.36. The van der Waals surface area contributed by atoms with Gasteiger partial charge in [-0.05, 0) is 53.4 Å². The third-order valence-corrected chi connectivity index (χ3v) is 6.37. The summed E-state index contributed by atoms with van der Waals surface area (Å²) in [6.45, 7) is 6.64. The Kier molecular flexibility index (Phi) is 4.15. The molecular formula is C24H21P. The first kappa shape index (κ1) is 16.1. The van der Waals surface area contributed by atoms with Crippen molar-refractivity contribution in [2.24, 2.45) is 0 Å². The van der Waals surface area contributed by atoms with Crippen molar-refractivity contribution >= 4 is 35.1 Å². The Morgan fingerprint density at radius 2 is 1.08 bits per heavy atom. The number of fused-ring (bicyclic) bond motifs is 2. The summed E-state index contributed by atoms with van der Waals surface area (Å²) in [6.07, 6.45) is 0. The van der Waals surface area contributed by atoms with Crippen LogP contribution in [0.25, 0.3) is 21.5 Å². The van der Waals surface area contributed by atoms with Crippen LogP contribution in [-0.4, -0.2) is 0 Å². The fraction of sp³-hybridized carbons (Fsp3) is 0.125. The van der Waals surface area contributed by atoms with Gasteiger partial charge in [-0.15, -0.1) is 0 Å². The lowest BCUT2D eigenvalue weighted by atomic mass is 10.1. The van der Waals surface area contributed by atoms with Crippen molar-refractivity contribution in [3.05, 3.63) is 94.4 Å². The first-order valence-electron chi connectivity index (χ1n) is 8.67. The van der Waals surface area contributed by atoms with Gasteiger partial charge in [0.2, 0.25) is 0 Å². The minimum Gasteiger partial charge on any atom is -0.0616 e. The van der Waals surface area contributed by atoms with Gasteiger partial charge in [-0.1, -0.05) is 86.6 Å². The minimum absolute atomic E-state index is 1.28. The molecule has 0 unspecified atom stereocenters. The molecule has 0 N–H and O–H groups in total. The van der Waals surface area contributed by atoms with E-state index >= 15 is 0 Å². The van der Waals surface area contributed by atoms with E-state index in [2.05, 4.69) is 93.6 Å². The molecule has 0 radical (unpaired) electrons. The van der Waals surface area contributed by atoms with Crippen molar-refractivity contribution in [3.63, 3.8) is 0 Å². The number of aryl methyl sites for hydroxylation is 3. The molecule has 0 aliphatic rings. The first-order valence-corrected chi connectivity index (χ1v) is 9.56. The molecule has 0 saturated heterocycles. The average molecular weight is 340 g/mol. The number of rotatable bonds is 1. The standard InChI is InChI=1S/C24H21P/c1-16-14-17(2)23(18(3)15-16)25-24-21-10-6-4-8-19(21)12-13-20-9-5-7-11-22(20)24/h4-15H,1-3H3. The van der Waals surface area contributed by atoms with E-state index in [1.54, 1.807) is 0 Å². The van der Waals surface area contributed by atoms with Gasteiger partial charge >= 0.3 is 0 Å². The Bertz CT molecular complexity index is 1080. The Labute approximate surface area is 150 Å². The molecule has 0 heterocycles. The summed E-state index contributed by atoms with van der Waals surface area (Å²) in [5.41, 5.74) is 4.08. The molecular weight excluding hydrogens is 319 g/mol. The van der Waals surface area contributed by atoms with Crippen molar-refractivity contribution in [2.75, 3.05) is 0 Å². The van der Waals surface area contributed by atoms with Crippen molar-refractivity contribution in [3.8, 4) is 0 Å². The fourth-order valence-corrected chi connectivity index (χ4v) is 4.98. The van der Waals surface area contributed by atoms with E-state index in [0.29, 0.717) is 0 Å². The van der Waals surface area contributed by atoms with Gasteiger partial charge in [0, 0.05) is 10.2 Å². The van der Waals surface area contributed by atoms with Crippen LogP contribution < -0.4 is 5.30 Å². The normalized spacial score (nSPS) is 11.3. The lowest BCUT2D eigenvalue weighted by Gasteiger charge is -2.07. The van der Waals surface area contributed by atoms with E-state index in [-0.39, 0.29) is 0 Å². The van der Waals surface area contributed by atoms with Gasteiger partial charge in [-0.25, -0.2) is 0 Å². The predicted octanol–water partition coefficient (Wildman–Crippen LogP) is 6.72. The summed E-state index contributed by atoms with van der Waals surface area (Å²) in [4.78, 5) is 1.39. The Balaban J connectivity index is 2.23. The molecule has 0 amide bonds. The summed E-state index contributed by atoms with van der Waals surface area (Å²) in [7, 11) is 1.28. The SMILES string of the molecule is Cc1cc(C)c(P=c2c3ccccc3ccc3ccccc23)c(C)c1. The third kappa shape index (κ3) is 2.99. The maximum absolute atomic E-state index is 2.29. The van der Waals surface area contributed by atoms with E-state index in [0.717, 1.165) is 0 Å². The number of hydrogen-bond donors (Lipinski definition) is 0. The van der Waals surface area contributed by atoms with Crippen molar-refractivity contribution in [2.45, 2.75) is 20.8 Å². The van der Waals surface area contributed by atoms with Crippen molar-refractivity contribution < 1.29 is 0 Å². The first-order chi connectivity index (χ1) is 12.1. The fourth-order valence-electron chi connectivity index (χ4n) is 3.62. The highest BCUT2D eigenvalue weighted by atomic mass is 31.1. The zero-order valence-electron chi connectivity index (χ0n) is 14.9. The highest BCUT2D eigenvalue weighted by Gasteiger charge is 2.04. The molecule has 0 bridgehead atoms. The zero-order chi connectivity index (χ0) is 17.4. The van der Waals surface area contributed by atoms with Crippen LogP contribution in [0.5, 0.6) is 0 Å². The summed E-state index contributed by atoms with van der Waals surface area (Å²) >= 11 is 0. The molecule has 4 aromatic rings. The third-order valence-electron chi connectivity index (χ3n) is 4.73. The molecule has 0 aliphatic carbocycles. The molecule has 1 heteroatoms. The summed E-state index contributed by atoms with van der Waals surface area (Å²) in [6, 6.07) is 26.5. The van der Waals surface area contributed by atoms with Crippen LogP contribution in [0.15, 0.2) is 72.8 Å². The van der Waals surface area contributed by atoms with E-state index in [9.17, 15) is 0 Å². The van der Waals surface area contributed by atoms with Crippen LogP contribution in [-0.2, 0) is 0 Å². The summed E-state index contributed by atoms with van der Waals surface area (Å²) in [5, 5.41) is 6.69. The van der Waals surface area contributed by atoms with Gasteiger partial charge in [0.1, 0.15) is 0 Å². The summed E-state index contributed by atoms with van der Waals surface area (Å²) in [5.74, 6) is 0. The largest absolute Gasteiger partial charge is 0.0616 e. The molecule has 25 heavy (non-hydrogen) atoms. The van der Waals surface area contributed by atoms with Crippen LogP contribution in [0.3, 0.4) is 0 Å². The Morgan fingerprint density at radius 1 is 0.600 bits per heavy atom. The van der Waals surface area contributed by atoms with Gasteiger partial charge in [0.25, 0.3) is 0 Å². The second-order valence-electron chi connectivity index (χ2n) is 6.72. The second kappa shape index (κ2) is 6.47. The van der Waals surface area contributed by atoms with Gasteiger partial charge in [-0.2, -0.15) is 0 Å². The van der Waals surface area contributed by atoms with E-state index in [4.69, 9.17) is 0 Å². The molecule has 0 atom stereocenters. The Morgan fingerprint density at radius 3 is 1.60 bits per heavy atom. The average Bonchev–Trinajstić information content (AvgIpc) is 2.75. The molecule has 0 aromatic heterocycles. The maximum Gasteiger partial charge on any atom is 0.0181 e. The van der Waals surface area contributed by atoms with E-state index in [1.807, 2.05) is 0 Å². The lowest BCUT2D eigenvalue weighted by Crippen LogP contribution is -2.03. The quantitative estimate of drug-likeness (QED) is 0.337. The van der Waals surface area contributed by atoms with Crippen LogP contribution in [0.1, 0.15) is 16.7 Å². The molecule has 0 nitrogen and oxygen atoms in total. The van der Waals surface area contributed by atoms with Crippen LogP contribution >= 0.6 is 8.20 Å². The van der Waals surface area contributed by atoms with Gasteiger partial charge < -0.3 is 0 Å².